The number of hydrogen-bond donors (Lipinski definition) is 1. The lowest BCUT2D eigenvalue weighted by Crippen LogP contribution is -2.21. The van der Waals surface area contributed by atoms with Crippen LogP contribution in [0.2, 0.25) is 5.02 Å². The van der Waals surface area contributed by atoms with Gasteiger partial charge in [0.1, 0.15) is 0 Å². The lowest BCUT2D eigenvalue weighted by atomic mass is 10.1. The Hall–Kier alpha value is -2.33. The fourth-order valence-electron chi connectivity index (χ4n) is 2.58. The van der Waals surface area contributed by atoms with Crippen LogP contribution in [0.1, 0.15) is 38.3 Å². The average molecular weight is 345 g/mol. The summed E-state index contributed by atoms with van der Waals surface area (Å²) in [5, 5.41) is 0.876. The molecule has 0 fully saturated rings. The van der Waals surface area contributed by atoms with Crippen LogP contribution in [0, 0.1) is 0 Å². The SMILES string of the molecule is CN(C)C(=O)c1ccc(C(N)=O)cc1.Clc1ccc2c(c1)CCC2. The maximum atomic E-state index is 11.4. The molecule has 0 atom stereocenters. The molecular formula is C19H21ClN2O2. The van der Waals surface area contributed by atoms with Crippen molar-refractivity contribution in [1.82, 2.24) is 4.90 Å². The van der Waals surface area contributed by atoms with Crippen LogP contribution < -0.4 is 5.73 Å². The Morgan fingerprint density at radius 3 is 2.12 bits per heavy atom. The lowest BCUT2D eigenvalue weighted by Gasteiger charge is -2.09. The topological polar surface area (TPSA) is 63.4 Å². The van der Waals surface area contributed by atoms with Crippen LogP contribution in [-0.2, 0) is 12.8 Å². The largest absolute Gasteiger partial charge is 0.366 e. The molecule has 0 saturated heterocycles. The summed E-state index contributed by atoms with van der Waals surface area (Å²) in [6.07, 6.45) is 3.76. The molecule has 0 saturated carbocycles. The molecule has 4 nitrogen and oxygen atoms in total. The first-order chi connectivity index (χ1) is 11.4. The normalized spacial score (nSPS) is 12.0. The third-order valence-electron chi connectivity index (χ3n) is 3.88. The summed E-state index contributed by atoms with van der Waals surface area (Å²) in [4.78, 5) is 23.6. The molecule has 2 amide bonds. The second-order valence-corrected chi connectivity index (χ2v) is 6.34. The number of primary amides is 1. The highest BCUT2D eigenvalue weighted by Crippen LogP contribution is 2.24. The van der Waals surface area contributed by atoms with Crippen LogP contribution in [0.25, 0.3) is 0 Å². The van der Waals surface area contributed by atoms with Gasteiger partial charge in [-0.15, -0.1) is 0 Å². The highest BCUT2D eigenvalue weighted by atomic mass is 35.5. The number of halogens is 1. The molecule has 1 aliphatic rings. The second kappa shape index (κ2) is 7.97. The van der Waals surface area contributed by atoms with Gasteiger partial charge < -0.3 is 10.6 Å². The summed E-state index contributed by atoms with van der Waals surface area (Å²) in [6, 6.07) is 12.5. The van der Waals surface area contributed by atoms with Gasteiger partial charge >= 0.3 is 0 Å². The minimum Gasteiger partial charge on any atom is -0.366 e. The lowest BCUT2D eigenvalue weighted by molar-refractivity contribution is 0.0827. The third-order valence-corrected chi connectivity index (χ3v) is 4.12. The minimum absolute atomic E-state index is 0.0963. The Morgan fingerprint density at radius 1 is 0.958 bits per heavy atom. The molecule has 0 aromatic heterocycles. The summed E-state index contributed by atoms with van der Waals surface area (Å²) in [5.74, 6) is -0.588. The molecule has 0 radical (unpaired) electrons. The number of carbonyl (C=O) groups is 2. The zero-order chi connectivity index (χ0) is 17.7. The number of nitrogens with two attached hydrogens (primary N) is 1. The van der Waals surface area contributed by atoms with Crippen LogP contribution in [-0.4, -0.2) is 30.8 Å². The molecule has 1 aliphatic carbocycles. The van der Waals surface area contributed by atoms with Gasteiger partial charge in [0.05, 0.1) is 0 Å². The van der Waals surface area contributed by atoms with Gasteiger partial charge in [0, 0.05) is 30.2 Å². The molecule has 3 rings (SSSR count). The minimum atomic E-state index is -0.492. The Labute approximate surface area is 147 Å². The van der Waals surface area contributed by atoms with Crippen molar-refractivity contribution >= 4 is 23.4 Å². The van der Waals surface area contributed by atoms with Crippen LogP contribution >= 0.6 is 11.6 Å². The Morgan fingerprint density at radius 2 is 1.54 bits per heavy atom. The number of aryl methyl sites for hydroxylation is 2. The van der Waals surface area contributed by atoms with Gasteiger partial charge in [-0.05, 0) is 66.8 Å². The molecule has 2 aromatic carbocycles. The first-order valence-electron chi connectivity index (χ1n) is 7.77. The molecule has 24 heavy (non-hydrogen) atoms. The molecule has 126 valence electrons. The number of hydrogen-bond acceptors (Lipinski definition) is 2. The molecule has 0 aliphatic heterocycles. The summed E-state index contributed by atoms with van der Waals surface area (Å²) in [6.45, 7) is 0. The predicted molar refractivity (Wildman–Crippen MR) is 96.5 cm³/mol. The van der Waals surface area contributed by atoms with Crippen LogP contribution in [0.3, 0.4) is 0 Å². The van der Waals surface area contributed by atoms with E-state index in [1.807, 2.05) is 6.07 Å². The zero-order valence-electron chi connectivity index (χ0n) is 13.9. The highest BCUT2D eigenvalue weighted by molar-refractivity contribution is 6.30. The standard InChI is InChI=1S/C10H12N2O2.C9H9Cl/c1-12(2)10(14)8-5-3-7(4-6-8)9(11)13;10-9-5-4-7-2-1-3-8(7)6-9/h3-6H,1-2H3,(H2,11,13);4-6H,1-3H2. The summed E-state index contributed by atoms with van der Waals surface area (Å²) < 4.78 is 0. The van der Waals surface area contributed by atoms with Crippen molar-refractivity contribution < 1.29 is 9.59 Å². The van der Waals surface area contributed by atoms with E-state index in [2.05, 4.69) is 12.1 Å². The van der Waals surface area contributed by atoms with E-state index < -0.39 is 5.91 Å². The fourth-order valence-corrected chi connectivity index (χ4v) is 2.77. The molecule has 5 heteroatoms. The van der Waals surface area contributed by atoms with E-state index in [4.69, 9.17) is 17.3 Å². The summed E-state index contributed by atoms with van der Waals surface area (Å²) in [7, 11) is 3.34. The average Bonchev–Trinajstić information content (AvgIpc) is 3.02. The van der Waals surface area contributed by atoms with Crippen molar-refractivity contribution in [2.45, 2.75) is 19.3 Å². The van der Waals surface area contributed by atoms with Crippen LogP contribution in [0.4, 0.5) is 0 Å². The van der Waals surface area contributed by atoms with Gasteiger partial charge in [-0.3, -0.25) is 9.59 Å². The maximum Gasteiger partial charge on any atom is 0.253 e. The van der Waals surface area contributed by atoms with Crippen molar-refractivity contribution in [2.75, 3.05) is 14.1 Å². The maximum absolute atomic E-state index is 11.4. The van der Waals surface area contributed by atoms with Crippen molar-refractivity contribution in [3.63, 3.8) is 0 Å². The van der Waals surface area contributed by atoms with E-state index in [1.54, 1.807) is 38.4 Å². The third kappa shape index (κ3) is 4.59. The molecular weight excluding hydrogens is 324 g/mol. The van der Waals surface area contributed by atoms with E-state index in [0.29, 0.717) is 11.1 Å². The van der Waals surface area contributed by atoms with E-state index in [1.165, 1.54) is 35.3 Å². The van der Waals surface area contributed by atoms with Crippen molar-refractivity contribution in [2.24, 2.45) is 5.73 Å². The monoisotopic (exact) mass is 344 g/mol. The number of amides is 2. The van der Waals surface area contributed by atoms with Crippen molar-refractivity contribution in [1.29, 1.82) is 0 Å². The van der Waals surface area contributed by atoms with E-state index in [0.717, 1.165) is 5.02 Å². The Kier molecular flexibility index (Phi) is 5.99. The van der Waals surface area contributed by atoms with Gasteiger partial charge in [0.2, 0.25) is 5.91 Å². The van der Waals surface area contributed by atoms with Gasteiger partial charge in [0.25, 0.3) is 5.91 Å². The van der Waals surface area contributed by atoms with Crippen LogP contribution in [0.5, 0.6) is 0 Å². The Balaban J connectivity index is 0.000000182. The fraction of sp³-hybridized carbons (Fsp3) is 0.263. The molecule has 0 heterocycles. The van der Waals surface area contributed by atoms with E-state index in [-0.39, 0.29) is 5.91 Å². The van der Waals surface area contributed by atoms with Crippen LogP contribution in [0.15, 0.2) is 42.5 Å². The van der Waals surface area contributed by atoms with Gasteiger partial charge in [-0.1, -0.05) is 17.7 Å². The smallest absolute Gasteiger partial charge is 0.253 e. The van der Waals surface area contributed by atoms with E-state index >= 15 is 0 Å². The summed E-state index contributed by atoms with van der Waals surface area (Å²) >= 11 is 5.82. The zero-order valence-corrected chi connectivity index (χ0v) is 14.6. The number of carbonyl (C=O) groups excluding carboxylic acids is 2. The molecule has 0 unspecified atom stereocenters. The summed E-state index contributed by atoms with van der Waals surface area (Å²) in [5.41, 5.74) is 8.95. The Bertz CT molecular complexity index is 740. The number of benzene rings is 2. The second-order valence-electron chi connectivity index (χ2n) is 5.91. The number of rotatable bonds is 2. The van der Waals surface area contributed by atoms with Gasteiger partial charge in [-0.2, -0.15) is 0 Å². The molecule has 0 spiro atoms. The van der Waals surface area contributed by atoms with Gasteiger partial charge in [-0.25, -0.2) is 0 Å². The molecule has 0 bridgehead atoms. The molecule has 2 N–H and O–H groups in total. The number of fused-ring (bicyclic) bond motifs is 1. The number of nitrogens with zero attached hydrogens (tertiary/aromatic N) is 1. The van der Waals surface area contributed by atoms with Gasteiger partial charge in [0.15, 0.2) is 0 Å². The first-order valence-corrected chi connectivity index (χ1v) is 8.15. The molecule has 2 aromatic rings. The highest BCUT2D eigenvalue weighted by Gasteiger charge is 2.09. The van der Waals surface area contributed by atoms with Crippen molar-refractivity contribution in [3.05, 3.63) is 69.7 Å². The quantitative estimate of drug-likeness (QED) is 0.908. The van der Waals surface area contributed by atoms with E-state index in [9.17, 15) is 9.59 Å². The first kappa shape index (κ1) is 18.0. The predicted octanol–water partition coefficient (Wildman–Crippen LogP) is 3.32. The van der Waals surface area contributed by atoms with Crippen molar-refractivity contribution in [3.8, 4) is 0 Å².